The third kappa shape index (κ3) is 4.28. The summed E-state index contributed by atoms with van der Waals surface area (Å²) in [6.45, 7) is 0.116. The molecule has 21 heavy (non-hydrogen) atoms. The molecule has 1 heterocycles. The van der Waals surface area contributed by atoms with Crippen molar-refractivity contribution >= 4 is 16.5 Å². The van der Waals surface area contributed by atoms with E-state index in [2.05, 4.69) is 10.3 Å². The lowest BCUT2D eigenvalue weighted by molar-refractivity contribution is -0.134. The molecule has 0 atom stereocenters. The van der Waals surface area contributed by atoms with Crippen LogP contribution < -0.4 is 10.1 Å². The van der Waals surface area contributed by atoms with Gasteiger partial charge in [-0.2, -0.15) is 13.2 Å². The van der Waals surface area contributed by atoms with Crippen molar-refractivity contribution in [1.29, 1.82) is 0 Å². The lowest BCUT2D eigenvalue weighted by Gasteiger charge is -2.07. The molecule has 0 fully saturated rings. The number of hydrogen-bond acceptors (Lipinski definition) is 4. The molecule has 1 N–H and O–H groups in total. The minimum Gasteiger partial charge on any atom is -0.489 e. The SMILES string of the molecule is Fc1ccc(OCCNc2ncc(C(F)(F)F)s2)c(F)c1. The average molecular weight is 324 g/mol. The summed E-state index contributed by atoms with van der Waals surface area (Å²) in [7, 11) is 0. The lowest BCUT2D eigenvalue weighted by Crippen LogP contribution is -2.11. The Hall–Kier alpha value is -1.90. The molecule has 0 aliphatic carbocycles. The topological polar surface area (TPSA) is 34.1 Å². The van der Waals surface area contributed by atoms with Gasteiger partial charge in [0.25, 0.3) is 0 Å². The standard InChI is InChI=1S/C12H9F5N2OS/c13-7-1-2-9(8(14)5-7)20-4-3-18-11-19-6-10(21-11)12(15,16)17/h1-2,5-6H,3-4H2,(H,18,19). The largest absolute Gasteiger partial charge is 0.489 e. The number of anilines is 1. The average Bonchev–Trinajstić information content (AvgIpc) is 2.85. The third-order valence-electron chi connectivity index (χ3n) is 2.31. The summed E-state index contributed by atoms with van der Waals surface area (Å²) in [6, 6.07) is 2.86. The van der Waals surface area contributed by atoms with Crippen LogP contribution >= 0.6 is 11.3 Å². The van der Waals surface area contributed by atoms with Crippen molar-refractivity contribution in [3.8, 4) is 5.75 Å². The fraction of sp³-hybridized carbons (Fsp3) is 0.250. The van der Waals surface area contributed by atoms with Gasteiger partial charge in [0.1, 0.15) is 17.3 Å². The molecule has 0 radical (unpaired) electrons. The Morgan fingerprint density at radius 1 is 1.24 bits per heavy atom. The maximum atomic E-state index is 13.2. The number of ether oxygens (including phenoxy) is 1. The van der Waals surface area contributed by atoms with Gasteiger partial charge >= 0.3 is 6.18 Å². The zero-order valence-corrected chi connectivity index (χ0v) is 11.2. The molecule has 0 bridgehead atoms. The van der Waals surface area contributed by atoms with Gasteiger partial charge in [-0.25, -0.2) is 13.8 Å². The Bertz CT molecular complexity index is 614. The van der Waals surface area contributed by atoms with Crippen molar-refractivity contribution in [1.82, 2.24) is 4.98 Å². The number of hydrogen-bond donors (Lipinski definition) is 1. The van der Waals surface area contributed by atoms with Gasteiger partial charge in [-0.3, -0.25) is 0 Å². The first kappa shape index (κ1) is 15.5. The van der Waals surface area contributed by atoms with Crippen molar-refractivity contribution in [3.05, 3.63) is 40.9 Å². The molecule has 1 aromatic carbocycles. The number of rotatable bonds is 5. The summed E-state index contributed by atoms with van der Waals surface area (Å²) < 4.78 is 67.9. The van der Waals surface area contributed by atoms with Gasteiger partial charge in [0, 0.05) is 6.07 Å². The molecule has 0 spiro atoms. The molecular formula is C12H9F5N2OS. The summed E-state index contributed by atoms with van der Waals surface area (Å²) in [6.07, 6.45) is -3.70. The smallest absolute Gasteiger partial charge is 0.427 e. The van der Waals surface area contributed by atoms with Gasteiger partial charge in [0.2, 0.25) is 0 Å². The van der Waals surface area contributed by atoms with E-state index in [-0.39, 0.29) is 24.0 Å². The predicted molar refractivity (Wildman–Crippen MR) is 67.5 cm³/mol. The van der Waals surface area contributed by atoms with Crippen LogP contribution in [0.2, 0.25) is 0 Å². The highest BCUT2D eigenvalue weighted by molar-refractivity contribution is 7.15. The number of nitrogens with zero attached hydrogens (tertiary/aromatic N) is 1. The van der Waals surface area contributed by atoms with Gasteiger partial charge in [0.05, 0.1) is 12.7 Å². The summed E-state index contributed by atoms with van der Waals surface area (Å²) in [4.78, 5) is 2.75. The molecule has 0 saturated carbocycles. The Balaban J connectivity index is 1.81. The normalized spacial score (nSPS) is 11.5. The first-order chi connectivity index (χ1) is 9.86. The highest BCUT2D eigenvalue weighted by Gasteiger charge is 2.33. The Morgan fingerprint density at radius 2 is 2.00 bits per heavy atom. The molecule has 0 unspecified atom stereocenters. The minimum atomic E-state index is -4.43. The number of thiazole rings is 1. The van der Waals surface area contributed by atoms with Crippen LogP contribution in [0.15, 0.2) is 24.4 Å². The van der Waals surface area contributed by atoms with Gasteiger partial charge in [-0.05, 0) is 12.1 Å². The Kier molecular flexibility index (Phi) is 4.61. The van der Waals surface area contributed by atoms with Crippen LogP contribution in [0.5, 0.6) is 5.75 Å². The number of nitrogens with one attached hydrogen (secondary N) is 1. The van der Waals surface area contributed by atoms with E-state index in [0.29, 0.717) is 17.4 Å². The first-order valence-electron chi connectivity index (χ1n) is 5.71. The molecule has 0 amide bonds. The number of aromatic nitrogens is 1. The second-order valence-corrected chi connectivity index (χ2v) is 4.91. The van der Waals surface area contributed by atoms with Crippen LogP contribution in [0.25, 0.3) is 0 Å². The van der Waals surface area contributed by atoms with E-state index in [1.54, 1.807) is 0 Å². The summed E-state index contributed by atoms with van der Waals surface area (Å²) in [5.41, 5.74) is 0. The van der Waals surface area contributed by atoms with Crippen molar-refractivity contribution in [2.24, 2.45) is 0 Å². The van der Waals surface area contributed by atoms with Gasteiger partial charge in [-0.15, -0.1) is 0 Å². The van der Waals surface area contributed by atoms with E-state index in [1.165, 1.54) is 0 Å². The second-order valence-electron chi connectivity index (χ2n) is 3.88. The molecule has 0 aliphatic rings. The van der Waals surface area contributed by atoms with Gasteiger partial charge in [-0.1, -0.05) is 11.3 Å². The quantitative estimate of drug-likeness (QED) is 0.668. The highest BCUT2D eigenvalue weighted by atomic mass is 32.1. The first-order valence-corrected chi connectivity index (χ1v) is 6.52. The van der Waals surface area contributed by atoms with Gasteiger partial charge < -0.3 is 10.1 Å². The number of alkyl halides is 3. The van der Waals surface area contributed by atoms with Crippen LogP contribution in [-0.2, 0) is 6.18 Å². The van der Waals surface area contributed by atoms with Crippen molar-refractivity contribution in [2.45, 2.75) is 6.18 Å². The number of benzene rings is 1. The van der Waals surface area contributed by atoms with E-state index in [1.807, 2.05) is 0 Å². The summed E-state index contributed by atoms with van der Waals surface area (Å²) >= 11 is 0.465. The van der Waals surface area contributed by atoms with Crippen molar-refractivity contribution in [3.63, 3.8) is 0 Å². The van der Waals surface area contributed by atoms with E-state index >= 15 is 0 Å². The van der Waals surface area contributed by atoms with Crippen LogP contribution in [0.3, 0.4) is 0 Å². The molecule has 1 aromatic heterocycles. The summed E-state index contributed by atoms with van der Waals surface area (Å²) in [5.74, 6) is -1.70. The molecule has 114 valence electrons. The molecule has 2 aromatic rings. The second kappa shape index (κ2) is 6.25. The molecule has 3 nitrogen and oxygen atoms in total. The van der Waals surface area contributed by atoms with E-state index < -0.39 is 22.7 Å². The zero-order valence-electron chi connectivity index (χ0n) is 10.4. The van der Waals surface area contributed by atoms with Crippen LogP contribution in [0.1, 0.15) is 4.88 Å². The van der Waals surface area contributed by atoms with Crippen molar-refractivity contribution < 1.29 is 26.7 Å². The Labute approximate surface area is 120 Å². The minimum absolute atomic E-state index is 0.0104. The fourth-order valence-electron chi connectivity index (χ4n) is 1.40. The van der Waals surface area contributed by atoms with Crippen molar-refractivity contribution in [2.75, 3.05) is 18.5 Å². The maximum Gasteiger partial charge on any atom is 0.427 e. The van der Waals surface area contributed by atoms with Crippen LogP contribution in [-0.4, -0.2) is 18.1 Å². The van der Waals surface area contributed by atoms with E-state index in [4.69, 9.17) is 4.74 Å². The molecule has 2 rings (SSSR count). The third-order valence-corrected chi connectivity index (χ3v) is 3.31. The molecule has 0 saturated heterocycles. The van der Waals surface area contributed by atoms with Crippen LogP contribution in [0, 0.1) is 11.6 Å². The molecule has 0 aliphatic heterocycles. The van der Waals surface area contributed by atoms with E-state index in [9.17, 15) is 22.0 Å². The Morgan fingerprint density at radius 3 is 2.62 bits per heavy atom. The van der Waals surface area contributed by atoms with Gasteiger partial charge in [0.15, 0.2) is 16.7 Å². The fourth-order valence-corrected chi connectivity index (χ4v) is 2.11. The molecule has 9 heteroatoms. The lowest BCUT2D eigenvalue weighted by atomic mass is 10.3. The monoisotopic (exact) mass is 324 g/mol. The van der Waals surface area contributed by atoms with E-state index in [0.717, 1.165) is 18.3 Å². The highest BCUT2D eigenvalue weighted by Crippen LogP contribution is 2.34. The van der Waals surface area contributed by atoms with Crippen LogP contribution in [0.4, 0.5) is 27.1 Å². The predicted octanol–water partition coefficient (Wildman–Crippen LogP) is 3.93. The summed E-state index contributed by atoms with van der Waals surface area (Å²) in [5, 5.41) is 2.71. The zero-order chi connectivity index (χ0) is 15.5. The maximum absolute atomic E-state index is 13.2. The number of halogens is 5. The molecular weight excluding hydrogens is 315 g/mol.